The molecule has 45 heavy (non-hydrogen) atoms. The van der Waals surface area contributed by atoms with E-state index in [4.69, 9.17) is 4.98 Å². The highest BCUT2D eigenvalue weighted by atomic mass is 32.2. The minimum atomic E-state index is -5.88. The van der Waals surface area contributed by atoms with Crippen molar-refractivity contribution in [3.8, 4) is 45.1 Å². The predicted octanol–water partition coefficient (Wildman–Crippen LogP) is 9.41. The van der Waals surface area contributed by atoms with Crippen LogP contribution in [0, 0.1) is 0 Å². The first-order chi connectivity index (χ1) is 21.7. The van der Waals surface area contributed by atoms with E-state index in [-0.39, 0.29) is 5.39 Å². The molecular weight excluding hydrogens is 597 g/mol. The normalized spacial score (nSPS) is 12.1. The van der Waals surface area contributed by atoms with Crippen LogP contribution >= 0.6 is 0 Å². The Hall–Kier alpha value is -5.41. The van der Waals surface area contributed by atoms with Crippen molar-refractivity contribution in [2.75, 3.05) is 0 Å². The van der Waals surface area contributed by atoms with Crippen molar-refractivity contribution in [1.82, 2.24) is 9.55 Å². The van der Waals surface area contributed by atoms with E-state index in [1.54, 1.807) is 18.2 Å². The maximum Gasteiger partial charge on any atom is 0.534 e. The van der Waals surface area contributed by atoms with Gasteiger partial charge in [0.2, 0.25) is 0 Å². The first-order valence-corrected chi connectivity index (χ1v) is 15.4. The van der Waals surface area contributed by atoms with Crippen molar-refractivity contribution in [1.29, 1.82) is 0 Å². The number of alkyl halides is 3. The van der Waals surface area contributed by atoms with Gasteiger partial charge >= 0.3 is 15.6 Å². The van der Waals surface area contributed by atoms with Gasteiger partial charge in [-0.3, -0.25) is 0 Å². The Morgan fingerprint density at radius 1 is 0.578 bits per heavy atom. The van der Waals surface area contributed by atoms with Crippen molar-refractivity contribution < 1.29 is 25.8 Å². The summed E-state index contributed by atoms with van der Waals surface area (Å²) >= 11 is 0. The first-order valence-electron chi connectivity index (χ1n) is 14.0. The molecule has 9 heteroatoms. The fraction of sp³-hybridized carbons (Fsp3) is 0.0278. The highest BCUT2D eigenvalue weighted by Crippen LogP contribution is 2.40. The molecule has 0 aliphatic rings. The predicted molar refractivity (Wildman–Crippen MR) is 170 cm³/mol. The number of halogens is 3. The van der Waals surface area contributed by atoms with E-state index >= 15 is 0 Å². The third-order valence-corrected chi connectivity index (χ3v) is 8.51. The Morgan fingerprint density at radius 3 is 1.78 bits per heavy atom. The van der Waals surface area contributed by atoms with Crippen molar-refractivity contribution >= 4 is 31.9 Å². The molecule has 5 aromatic carbocycles. The summed E-state index contributed by atoms with van der Waals surface area (Å²) in [5.74, 6) is -0.398. The summed E-state index contributed by atoms with van der Waals surface area (Å²) in [5.41, 5.74) is 1.70. The summed E-state index contributed by atoms with van der Waals surface area (Å²) < 4.78 is 70.3. The van der Waals surface area contributed by atoms with Crippen LogP contribution in [0.1, 0.15) is 0 Å². The van der Waals surface area contributed by atoms with Crippen molar-refractivity contribution in [2.24, 2.45) is 0 Å². The number of aromatic nitrogens is 2. The average molecular weight is 621 g/mol. The third kappa shape index (κ3) is 5.21. The highest BCUT2D eigenvalue weighted by molar-refractivity contribution is 7.88. The Bertz CT molecular complexity index is 2240. The number of pyridine rings is 1. The molecule has 7 rings (SSSR count). The monoisotopic (exact) mass is 620 g/mol. The van der Waals surface area contributed by atoms with Crippen molar-refractivity contribution in [2.45, 2.75) is 5.51 Å². The van der Waals surface area contributed by atoms with Gasteiger partial charge < -0.3 is 8.75 Å². The average Bonchev–Trinajstić information content (AvgIpc) is 3.40. The van der Waals surface area contributed by atoms with Gasteiger partial charge in [-0.15, -0.1) is 0 Å². The summed E-state index contributed by atoms with van der Waals surface area (Å²) in [4.78, 5) is 4.96. The van der Waals surface area contributed by atoms with Gasteiger partial charge in [0.25, 0.3) is 0 Å². The molecule has 0 saturated heterocycles. The van der Waals surface area contributed by atoms with Crippen LogP contribution in [0.25, 0.3) is 61.1 Å². The molecule has 0 unspecified atom stereocenters. The van der Waals surface area contributed by atoms with Crippen LogP contribution in [-0.2, 0) is 10.1 Å². The van der Waals surface area contributed by atoms with E-state index in [0.717, 1.165) is 39.3 Å². The van der Waals surface area contributed by atoms with E-state index in [1.807, 2.05) is 114 Å². The molecule has 0 radical (unpaired) electrons. The lowest BCUT2D eigenvalue weighted by Crippen LogP contribution is -2.28. The zero-order valence-electron chi connectivity index (χ0n) is 23.4. The molecular formula is C36H23F3N2O3S. The van der Waals surface area contributed by atoms with Gasteiger partial charge in [0.15, 0.2) is 5.75 Å². The number of hydrogen-bond acceptors (Lipinski definition) is 4. The van der Waals surface area contributed by atoms with Gasteiger partial charge in [-0.1, -0.05) is 97.1 Å². The zero-order valence-corrected chi connectivity index (χ0v) is 24.3. The smallest absolute Gasteiger partial charge is 0.375 e. The molecule has 2 aromatic heterocycles. The molecule has 5 nitrogen and oxygen atoms in total. The minimum Gasteiger partial charge on any atom is -0.375 e. The van der Waals surface area contributed by atoms with E-state index in [9.17, 15) is 21.6 Å². The van der Waals surface area contributed by atoms with Crippen LogP contribution < -0.4 is 4.18 Å². The Labute approximate surface area is 256 Å². The lowest BCUT2D eigenvalue weighted by atomic mass is 9.99. The highest BCUT2D eigenvalue weighted by Gasteiger charge is 2.48. The number of benzene rings is 5. The summed E-state index contributed by atoms with van der Waals surface area (Å²) in [5, 5.41) is 0.806. The van der Waals surface area contributed by atoms with Gasteiger partial charge in [0, 0.05) is 22.2 Å². The second kappa shape index (κ2) is 10.9. The van der Waals surface area contributed by atoms with Gasteiger partial charge in [-0.2, -0.15) is 21.6 Å². The Balaban J connectivity index is 1.42. The van der Waals surface area contributed by atoms with Crippen LogP contribution in [0.3, 0.4) is 0 Å². The zero-order chi connectivity index (χ0) is 31.2. The van der Waals surface area contributed by atoms with Crippen LogP contribution in [0.15, 0.2) is 140 Å². The fourth-order valence-electron chi connectivity index (χ4n) is 5.53. The third-order valence-electron chi connectivity index (χ3n) is 7.54. The topological polar surface area (TPSA) is 61.2 Å². The fourth-order valence-corrected chi connectivity index (χ4v) is 6.00. The molecule has 0 aliphatic carbocycles. The largest absolute Gasteiger partial charge is 0.534 e. The van der Waals surface area contributed by atoms with Crippen molar-refractivity contribution in [3.63, 3.8) is 0 Å². The first kappa shape index (κ1) is 28.4. The van der Waals surface area contributed by atoms with E-state index in [0.29, 0.717) is 16.4 Å². The molecule has 0 N–H and O–H groups in total. The molecule has 0 saturated carbocycles. The lowest BCUT2D eigenvalue weighted by molar-refractivity contribution is -0.0499. The van der Waals surface area contributed by atoms with E-state index in [1.165, 1.54) is 12.1 Å². The summed E-state index contributed by atoms with van der Waals surface area (Å²) in [6.45, 7) is 0. The molecule has 0 fully saturated rings. The van der Waals surface area contributed by atoms with Gasteiger partial charge in [-0.05, 0) is 53.6 Å². The number of rotatable bonds is 6. The summed E-state index contributed by atoms with van der Waals surface area (Å²) in [7, 11) is -5.88. The second-order valence-corrected chi connectivity index (χ2v) is 11.9. The number of para-hydroxylation sites is 1. The maximum atomic E-state index is 13.3. The molecule has 0 spiro atoms. The van der Waals surface area contributed by atoms with Crippen molar-refractivity contribution in [3.05, 3.63) is 140 Å². The quantitative estimate of drug-likeness (QED) is 0.137. The number of nitrogens with zero attached hydrogens (tertiary/aromatic N) is 2. The van der Waals surface area contributed by atoms with Crippen LogP contribution in [-0.4, -0.2) is 23.5 Å². The minimum absolute atomic E-state index is 0.257. The van der Waals surface area contributed by atoms with Crippen LogP contribution in [0.4, 0.5) is 13.2 Å². The van der Waals surface area contributed by atoms with E-state index in [2.05, 4.69) is 4.18 Å². The number of fused-ring (bicyclic) bond motifs is 3. The lowest BCUT2D eigenvalue weighted by Gasteiger charge is -2.13. The molecule has 0 amide bonds. The van der Waals surface area contributed by atoms with Crippen LogP contribution in [0.2, 0.25) is 0 Å². The summed E-state index contributed by atoms with van der Waals surface area (Å²) in [6, 6.07) is 43.2. The molecule has 7 aromatic rings. The molecule has 0 aliphatic heterocycles. The Morgan fingerprint density at radius 2 is 1.13 bits per heavy atom. The Kier molecular flexibility index (Phi) is 6.90. The standard InChI is InChI=1S/C36H23F3N2O3S/c37-36(38,39)45(42,43)44-34-20-10-19-33-35(34)29-17-7-8-18-32(29)41(33)28-16-9-15-26(21-28)27-22-30(24-11-3-1-4-12-24)40-31(23-27)25-13-5-2-6-14-25/h1-23H. The SMILES string of the molecule is O=S(=O)(Oc1cccc2c1c1ccccc1n2-c1cccc(-c2cc(-c3ccccc3)nc(-c3ccccc3)c2)c1)C(F)(F)F. The van der Waals surface area contributed by atoms with E-state index < -0.39 is 21.4 Å². The van der Waals surface area contributed by atoms with Gasteiger partial charge in [0.1, 0.15) is 0 Å². The van der Waals surface area contributed by atoms with Gasteiger partial charge in [0.05, 0.1) is 27.8 Å². The van der Waals surface area contributed by atoms with Gasteiger partial charge in [-0.25, -0.2) is 4.98 Å². The molecule has 0 atom stereocenters. The second-order valence-electron chi connectivity index (χ2n) is 10.4. The molecule has 222 valence electrons. The van der Waals surface area contributed by atoms with Crippen LogP contribution in [0.5, 0.6) is 5.75 Å². The number of hydrogen-bond donors (Lipinski definition) is 0. The molecule has 0 bridgehead atoms. The maximum absolute atomic E-state index is 13.3. The summed E-state index contributed by atoms with van der Waals surface area (Å²) in [6.07, 6.45) is 0. The molecule has 2 heterocycles.